The zero-order valence-electron chi connectivity index (χ0n) is 9.54. The third-order valence-electron chi connectivity index (χ3n) is 1.86. The molecule has 4 nitrogen and oxygen atoms in total. The van der Waals surface area contributed by atoms with Crippen molar-refractivity contribution in [3.63, 3.8) is 0 Å². The highest BCUT2D eigenvalue weighted by molar-refractivity contribution is 6.37. The highest BCUT2D eigenvalue weighted by Crippen LogP contribution is 2.05. The smallest absolute Gasteiger partial charge is 0.375 e. The molecule has 0 aliphatic rings. The zero-order chi connectivity index (χ0) is 11.8. The summed E-state index contributed by atoms with van der Waals surface area (Å²) in [6.07, 6.45) is 0.767. The van der Waals surface area contributed by atoms with Gasteiger partial charge in [-0.2, -0.15) is 0 Å². The summed E-state index contributed by atoms with van der Waals surface area (Å²) < 4.78 is 4.49. The quantitative estimate of drug-likeness (QED) is 0.366. The number of hydrogen-bond acceptors (Lipinski definition) is 4. The Morgan fingerprint density at radius 1 is 1.20 bits per heavy atom. The Labute approximate surface area is 90.0 Å². The van der Waals surface area contributed by atoms with Gasteiger partial charge < -0.3 is 4.74 Å². The number of Topliss-reactive ketones (excluding diaryl/α,β-unsaturated/α-hetero) is 2. The highest BCUT2D eigenvalue weighted by atomic mass is 16.5. The third-order valence-corrected chi connectivity index (χ3v) is 1.86. The molecule has 0 amide bonds. The SMILES string of the molecule is CCOC(=O)C(=O)CC(=O)CCC(C)C. The lowest BCUT2D eigenvalue weighted by Crippen LogP contribution is -2.20. The van der Waals surface area contributed by atoms with Crippen molar-refractivity contribution >= 4 is 17.5 Å². The van der Waals surface area contributed by atoms with Crippen LogP contribution < -0.4 is 0 Å². The lowest BCUT2D eigenvalue weighted by Gasteiger charge is -2.03. The van der Waals surface area contributed by atoms with Crippen molar-refractivity contribution in [1.29, 1.82) is 0 Å². The van der Waals surface area contributed by atoms with Crippen molar-refractivity contribution in [3.8, 4) is 0 Å². The van der Waals surface area contributed by atoms with Crippen molar-refractivity contribution in [2.45, 2.75) is 40.0 Å². The second kappa shape index (κ2) is 7.15. The molecule has 0 heterocycles. The molecule has 0 aromatic heterocycles. The van der Waals surface area contributed by atoms with E-state index in [2.05, 4.69) is 4.74 Å². The predicted molar refractivity (Wildman–Crippen MR) is 55.3 cm³/mol. The number of hydrogen-bond donors (Lipinski definition) is 0. The van der Waals surface area contributed by atoms with Gasteiger partial charge in [0.2, 0.25) is 5.78 Å². The van der Waals surface area contributed by atoms with Crippen molar-refractivity contribution < 1.29 is 19.1 Å². The average molecular weight is 214 g/mol. The van der Waals surface area contributed by atoms with Crippen molar-refractivity contribution in [1.82, 2.24) is 0 Å². The van der Waals surface area contributed by atoms with Crippen molar-refractivity contribution in [2.24, 2.45) is 5.92 Å². The van der Waals surface area contributed by atoms with Gasteiger partial charge in [-0.3, -0.25) is 9.59 Å². The van der Waals surface area contributed by atoms with Gasteiger partial charge in [0.1, 0.15) is 5.78 Å². The summed E-state index contributed by atoms with van der Waals surface area (Å²) in [4.78, 5) is 33.2. The minimum absolute atomic E-state index is 0.157. The van der Waals surface area contributed by atoms with E-state index in [0.717, 1.165) is 6.42 Å². The van der Waals surface area contributed by atoms with Crippen LogP contribution in [0.15, 0.2) is 0 Å². The molecule has 0 radical (unpaired) electrons. The molecule has 0 unspecified atom stereocenters. The van der Waals surface area contributed by atoms with E-state index in [9.17, 15) is 14.4 Å². The first-order valence-electron chi connectivity index (χ1n) is 5.19. The van der Waals surface area contributed by atoms with Gasteiger partial charge in [0.15, 0.2) is 0 Å². The maximum atomic E-state index is 11.2. The van der Waals surface area contributed by atoms with Crippen LogP contribution in [0.2, 0.25) is 0 Å². The fourth-order valence-corrected chi connectivity index (χ4v) is 1.00. The fraction of sp³-hybridized carbons (Fsp3) is 0.727. The molecule has 0 N–H and O–H groups in total. The molecule has 0 atom stereocenters. The van der Waals surface area contributed by atoms with E-state index in [1.165, 1.54) is 0 Å². The van der Waals surface area contributed by atoms with Crippen LogP contribution in [-0.2, 0) is 19.1 Å². The van der Waals surface area contributed by atoms with Gasteiger partial charge in [-0.15, -0.1) is 0 Å². The Bertz CT molecular complexity index is 243. The molecule has 4 heteroatoms. The summed E-state index contributed by atoms with van der Waals surface area (Å²) in [7, 11) is 0. The second-order valence-electron chi connectivity index (χ2n) is 3.79. The number of carbonyl (C=O) groups excluding carboxylic acids is 3. The number of carbonyl (C=O) groups is 3. The first-order valence-corrected chi connectivity index (χ1v) is 5.19. The van der Waals surface area contributed by atoms with E-state index >= 15 is 0 Å². The molecule has 86 valence electrons. The fourth-order valence-electron chi connectivity index (χ4n) is 1.00. The molecular weight excluding hydrogens is 196 g/mol. The Morgan fingerprint density at radius 3 is 2.27 bits per heavy atom. The van der Waals surface area contributed by atoms with Crippen LogP contribution in [0.25, 0.3) is 0 Å². The summed E-state index contributed by atoms with van der Waals surface area (Å²) in [5.74, 6) is -1.42. The summed E-state index contributed by atoms with van der Waals surface area (Å²) in [5, 5.41) is 0. The van der Waals surface area contributed by atoms with Gasteiger partial charge in [0, 0.05) is 6.42 Å². The summed E-state index contributed by atoms with van der Waals surface area (Å²) in [6, 6.07) is 0. The van der Waals surface area contributed by atoms with Gasteiger partial charge >= 0.3 is 5.97 Å². The first kappa shape index (κ1) is 13.8. The Kier molecular flexibility index (Phi) is 6.58. The van der Waals surface area contributed by atoms with Crippen LogP contribution >= 0.6 is 0 Å². The zero-order valence-corrected chi connectivity index (χ0v) is 9.54. The maximum absolute atomic E-state index is 11.2. The molecule has 0 aliphatic heterocycles. The maximum Gasteiger partial charge on any atom is 0.375 e. The van der Waals surface area contributed by atoms with E-state index < -0.39 is 11.8 Å². The van der Waals surface area contributed by atoms with Crippen molar-refractivity contribution in [3.05, 3.63) is 0 Å². The third kappa shape index (κ3) is 6.82. The van der Waals surface area contributed by atoms with Crippen LogP contribution in [0.4, 0.5) is 0 Å². The van der Waals surface area contributed by atoms with Crippen LogP contribution in [-0.4, -0.2) is 24.1 Å². The molecule has 0 aromatic carbocycles. The molecule has 0 aliphatic carbocycles. The van der Waals surface area contributed by atoms with Crippen LogP contribution in [0.1, 0.15) is 40.0 Å². The van der Waals surface area contributed by atoms with Crippen LogP contribution in [0, 0.1) is 5.92 Å². The van der Waals surface area contributed by atoms with Crippen LogP contribution in [0.5, 0.6) is 0 Å². The predicted octanol–water partition coefficient (Wildman–Crippen LogP) is 1.51. The van der Waals surface area contributed by atoms with E-state index in [1.54, 1.807) is 6.92 Å². The standard InChI is InChI=1S/C11H18O4/c1-4-15-11(14)10(13)7-9(12)6-5-8(2)3/h8H,4-7H2,1-3H3. The Hall–Kier alpha value is -1.19. The molecule has 0 rings (SSSR count). The number of ketones is 2. The molecule has 15 heavy (non-hydrogen) atoms. The highest BCUT2D eigenvalue weighted by Gasteiger charge is 2.18. The second-order valence-corrected chi connectivity index (χ2v) is 3.79. The van der Waals surface area contributed by atoms with E-state index in [-0.39, 0.29) is 18.8 Å². The van der Waals surface area contributed by atoms with Gasteiger partial charge in [0.25, 0.3) is 0 Å². The number of esters is 1. The lowest BCUT2D eigenvalue weighted by atomic mass is 10.0. The van der Waals surface area contributed by atoms with E-state index in [0.29, 0.717) is 12.3 Å². The van der Waals surface area contributed by atoms with Gasteiger partial charge in [0.05, 0.1) is 13.0 Å². The molecule has 0 bridgehead atoms. The molecule has 0 aromatic rings. The Balaban J connectivity index is 3.86. The number of rotatable bonds is 7. The number of ether oxygens (including phenoxy) is 1. The first-order chi connectivity index (χ1) is 6.97. The molecule has 0 saturated carbocycles. The Morgan fingerprint density at radius 2 is 1.80 bits per heavy atom. The van der Waals surface area contributed by atoms with Crippen molar-refractivity contribution in [2.75, 3.05) is 6.61 Å². The largest absolute Gasteiger partial charge is 0.460 e. The monoisotopic (exact) mass is 214 g/mol. The lowest BCUT2D eigenvalue weighted by molar-refractivity contribution is -0.154. The van der Waals surface area contributed by atoms with E-state index in [4.69, 9.17) is 0 Å². The average Bonchev–Trinajstić information content (AvgIpc) is 2.15. The topological polar surface area (TPSA) is 60.4 Å². The van der Waals surface area contributed by atoms with Gasteiger partial charge in [-0.25, -0.2) is 4.79 Å². The molecule has 0 saturated heterocycles. The summed E-state index contributed by atoms with van der Waals surface area (Å²) in [5.41, 5.74) is 0. The minimum Gasteiger partial charge on any atom is -0.460 e. The molecule has 0 fully saturated rings. The van der Waals surface area contributed by atoms with E-state index in [1.807, 2.05) is 13.8 Å². The van der Waals surface area contributed by atoms with Gasteiger partial charge in [-0.05, 0) is 19.3 Å². The van der Waals surface area contributed by atoms with Gasteiger partial charge in [-0.1, -0.05) is 13.8 Å². The minimum atomic E-state index is -0.907. The molecule has 0 spiro atoms. The summed E-state index contributed by atoms with van der Waals surface area (Å²) >= 11 is 0. The molecular formula is C11H18O4. The normalized spacial score (nSPS) is 10.1. The summed E-state index contributed by atoms with van der Waals surface area (Å²) in [6.45, 7) is 5.78. The van der Waals surface area contributed by atoms with Crippen LogP contribution in [0.3, 0.4) is 0 Å².